The summed E-state index contributed by atoms with van der Waals surface area (Å²) in [5, 5.41) is 16.8. The predicted octanol–water partition coefficient (Wildman–Crippen LogP) is 3.81. The number of aliphatic carboxylic acids is 1. The smallest absolute Gasteiger partial charge is 0.308 e. The van der Waals surface area contributed by atoms with E-state index in [2.05, 4.69) is 10.1 Å². The summed E-state index contributed by atoms with van der Waals surface area (Å²) in [6.07, 6.45) is 1.57. The molecule has 2 heterocycles. The van der Waals surface area contributed by atoms with Crippen LogP contribution in [0.25, 0.3) is 23.0 Å². The van der Waals surface area contributed by atoms with Crippen molar-refractivity contribution in [3.63, 3.8) is 0 Å². The average Bonchev–Trinajstić information content (AvgIpc) is 3.18. The van der Waals surface area contributed by atoms with Crippen molar-refractivity contribution in [3.05, 3.63) is 58.6 Å². The Labute approximate surface area is 130 Å². The van der Waals surface area contributed by atoms with Crippen LogP contribution in [-0.2, 0) is 4.79 Å². The van der Waals surface area contributed by atoms with Gasteiger partial charge in [0.1, 0.15) is 0 Å². The quantitative estimate of drug-likeness (QED) is 0.775. The second-order valence-electron chi connectivity index (χ2n) is 4.59. The fourth-order valence-corrected chi connectivity index (χ4v) is 2.60. The number of thiophene rings is 1. The van der Waals surface area contributed by atoms with Crippen molar-refractivity contribution in [1.29, 1.82) is 0 Å². The molecule has 1 aromatic carbocycles. The molecule has 0 bridgehead atoms. The third-order valence-corrected chi connectivity index (χ3v) is 3.65. The molecule has 110 valence electrons. The number of aromatic nitrogens is 2. The molecular weight excluding hydrogens is 300 g/mol. The summed E-state index contributed by atoms with van der Waals surface area (Å²) in [5.41, 5.74) is 2.22. The number of benzene rings is 1. The molecule has 6 heteroatoms. The zero-order chi connectivity index (χ0) is 15.4. The van der Waals surface area contributed by atoms with E-state index in [1.165, 1.54) is 11.3 Å². The van der Waals surface area contributed by atoms with Gasteiger partial charge < -0.3 is 9.63 Å². The third-order valence-electron chi connectivity index (χ3n) is 2.96. The lowest BCUT2D eigenvalue weighted by Crippen LogP contribution is -1.97. The lowest BCUT2D eigenvalue weighted by atomic mass is 10.1. The summed E-state index contributed by atoms with van der Waals surface area (Å²) in [6, 6.07) is 11.3. The van der Waals surface area contributed by atoms with Crippen LogP contribution in [0, 0.1) is 0 Å². The highest BCUT2D eigenvalue weighted by atomic mass is 32.1. The maximum absolute atomic E-state index is 11.1. The van der Waals surface area contributed by atoms with E-state index < -0.39 is 5.97 Å². The highest BCUT2D eigenvalue weighted by molar-refractivity contribution is 7.08. The molecule has 1 N–H and O–H groups in total. The van der Waals surface area contributed by atoms with Gasteiger partial charge in [-0.15, -0.1) is 0 Å². The summed E-state index contributed by atoms with van der Waals surface area (Å²) in [6.45, 7) is 0. The first-order valence-electron chi connectivity index (χ1n) is 6.56. The second-order valence-corrected chi connectivity index (χ2v) is 5.37. The van der Waals surface area contributed by atoms with Gasteiger partial charge in [0, 0.05) is 16.5 Å². The van der Waals surface area contributed by atoms with Crippen LogP contribution in [0.4, 0.5) is 0 Å². The van der Waals surface area contributed by atoms with Gasteiger partial charge in [0.05, 0.1) is 6.42 Å². The molecule has 3 rings (SSSR count). The molecule has 0 aliphatic heterocycles. The SMILES string of the molecule is O=C(O)C/C(=C\c1ccccc1)c1nc(-c2ccsc2)no1. The number of hydrogen-bond donors (Lipinski definition) is 1. The Kier molecular flexibility index (Phi) is 4.11. The molecule has 0 saturated heterocycles. The molecule has 0 unspecified atom stereocenters. The van der Waals surface area contributed by atoms with E-state index in [1.807, 2.05) is 47.2 Å². The summed E-state index contributed by atoms with van der Waals surface area (Å²) in [5.74, 6) is -0.259. The van der Waals surface area contributed by atoms with Gasteiger partial charge in [-0.1, -0.05) is 35.5 Å². The van der Waals surface area contributed by atoms with Crippen LogP contribution in [0.1, 0.15) is 17.9 Å². The van der Waals surface area contributed by atoms with Gasteiger partial charge in [-0.3, -0.25) is 4.79 Å². The van der Waals surface area contributed by atoms with Gasteiger partial charge in [-0.05, 0) is 23.1 Å². The Morgan fingerprint density at radius 3 is 2.77 bits per heavy atom. The van der Waals surface area contributed by atoms with Crippen LogP contribution >= 0.6 is 11.3 Å². The number of carboxylic acid groups (broad SMARTS) is 1. The van der Waals surface area contributed by atoms with Gasteiger partial charge in [0.2, 0.25) is 5.82 Å². The minimum Gasteiger partial charge on any atom is -0.481 e. The predicted molar refractivity (Wildman–Crippen MR) is 84.2 cm³/mol. The number of nitrogens with zero attached hydrogens (tertiary/aromatic N) is 2. The molecule has 3 aromatic rings. The normalized spacial score (nSPS) is 11.5. The van der Waals surface area contributed by atoms with Crippen molar-refractivity contribution in [2.45, 2.75) is 6.42 Å². The minimum absolute atomic E-state index is 0.180. The van der Waals surface area contributed by atoms with Crippen molar-refractivity contribution in [3.8, 4) is 11.4 Å². The van der Waals surface area contributed by atoms with Gasteiger partial charge in [-0.2, -0.15) is 16.3 Å². The molecule has 0 amide bonds. The first-order chi connectivity index (χ1) is 10.7. The van der Waals surface area contributed by atoms with Gasteiger partial charge in [0.15, 0.2) is 0 Å². The highest BCUT2D eigenvalue weighted by Gasteiger charge is 2.16. The molecule has 0 saturated carbocycles. The van der Waals surface area contributed by atoms with E-state index in [0.717, 1.165) is 11.1 Å². The van der Waals surface area contributed by atoms with E-state index in [1.54, 1.807) is 6.08 Å². The minimum atomic E-state index is -0.947. The zero-order valence-electron chi connectivity index (χ0n) is 11.5. The average molecular weight is 312 g/mol. The molecular formula is C16H12N2O3S. The van der Waals surface area contributed by atoms with Crippen molar-refractivity contribution < 1.29 is 14.4 Å². The Balaban J connectivity index is 1.96. The van der Waals surface area contributed by atoms with Gasteiger partial charge >= 0.3 is 5.97 Å². The zero-order valence-corrected chi connectivity index (χ0v) is 12.3. The van der Waals surface area contributed by atoms with Crippen LogP contribution < -0.4 is 0 Å². The molecule has 0 fully saturated rings. The van der Waals surface area contributed by atoms with Crippen LogP contribution in [0.3, 0.4) is 0 Å². The van der Waals surface area contributed by atoms with Gasteiger partial charge in [-0.25, -0.2) is 0 Å². The number of carbonyl (C=O) groups is 1. The van der Waals surface area contributed by atoms with E-state index in [4.69, 9.17) is 9.63 Å². The molecule has 0 spiro atoms. The van der Waals surface area contributed by atoms with E-state index in [9.17, 15) is 4.79 Å². The first kappa shape index (κ1) is 14.2. The summed E-state index contributed by atoms with van der Waals surface area (Å²) in [4.78, 5) is 15.4. The molecule has 22 heavy (non-hydrogen) atoms. The lowest BCUT2D eigenvalue weighted by Gasteiger charge is -1.99. The van der Waals surface area contributed by atoms with E-state index in [0.29, 0.717) is 11.4 Å². The first-order valence-corrected chi connectivity index (χ1v) is 7.51. The Morgan fingerprint density at radius 1 is 1.27 bits per heavy atom. The van der Waals surface area contributed by atoms with Crippen LogP contribution in [-0.4, -0.2) is 21.2 Å². The van der Waals surface area contributed by atoms with Gasteiger partial charge in [0.25, 0.3) is 5.89 Å². The van der Waals surface area contributed by atoms with Crippen molar-refractivity contribution in [1.82, 2.24) is 10.1 Å². The van der Waals surface area contributed by atoms with E-state index in [-0.39, 0.29) is 12.3 Å². The monoisotopic (exact) mass is 312 g/mol. The van der Waals surface area contributed by atoms with Crippen LogP contribution in [0.15, 0.2) is 51.7 Å². The largest absolute Gasteiger partial charge is 0.481 e. The summed E-state index contributed by atoms with van der Waals surface area (Å²) < 4.78 is 5.24. The molecule has 0 aliphatic rings. The molecule has 0 aliphatic carbocycles. The molecule has 2 aromatic heterocycles. The van der Waals surface area contributed by atoms with Crippen LogP contribution in [0.2, 0.25) is 0 Å². The van der Waals surface area contributed by atoms with E-state index >= 15 is 0 Å². The van der Waals surface area contributed by atoms with Crippen molar-refractivity contribution in [2.75, 3.05) is 0 Å². The van der Waals surface area contributed by atoms with Crippen molar-refractivity contribution >= 4 is 29.0 Å². The Morgan fingerprint density at radius 2 is 2.09 bits per heavy atom. The van der Waals surface area contributed by atoms with Crippen LogP contribution in [0.5, 0.6) is 0 Å². The molecule has 0 atom stereocenters. The number of rotatable bonds is 5. The van der Waals surface area contributed by atoms with Crippen molar-refractivity contribution in [2.24, 2.45) is 0 Å². The fourth-order valence-electron chi connectivity index (χ4n) is 1.96. The maximum atomic E-state index is 11.1. The molecule has 0 radical (unpaired) electrons. The highest BCUT2D eigenvalue weighted by Crippen LogP contribution is 2.24. The maximum Gasteiger partial charge on any atom is 0.308 e. The fraction of sp³-hybridized carbons (Fsp3) is 0.0625. The summed E-state index contributed by atoms with van der Waals surface area (Å²) >= 11 is 1.53. The summed E-state index contributed by atoms with van der Waals surface area (Å²) in [7, 11) is 0. The third kappa shape index (κ3) is 3.29. The standard InChI is InChI=1S/C16H12N2O3S/c19-14(20)9-13(8-11-4-2-1-3-5-11)16-17-15(18-21-16)12-6-7-22-10-12/h1-8,10H,9H2,(H,19,20)/b13-8+. The number of hydrogen-bond acceptors (Lipinski definition) is 5. The number of carboxylic acids is 1. The topological polar surface area (TPSA) is 76.2 Å². The Bertz CT molecular complexity index is 792. The second kappa shape index (κ2) is 6.36. The Hall–Kier alpha value is -2.73. The lowest BCUT2D eigenvalue weighted by molar-refractivity contribution is -0.135. The molecule has 5 nitrogen and oxygen atoms in total.